The van der Waals surface area contributed by atoms with Gasteiger partial charge in [0.25, 0.3) is 0 Å². The molecule has 0 amide bonds. The predicted molar refractivity (Wildman–Crippen MR) is 123 cm³/mol. The molecule has 0 spiro atoms. The highest BCUT2D eigenvalue weighted by Crippen LogP contribution is 2.25. The Balaban J connectivity index is 1.79. The van der Waals surface area contributed by atoms with Crippen molar-refractivity contribution in [2.75, 3.05) is 25.0 Å². The van der Waals surface area contributed by atoms with E-state index in [0.717, 1.165) is 19.3 Å². The van der Waals surface area contributed by atoms with Crippen LogP contribution in [0.2, 0.25) is 0 Å². The molecule has 0 saturated carbocycles. The Morgan fingerprint density at radius 3 is 2.53 bits per heavy atom. The van der Waals surface area contributed by atoms with Gasteiger partial charge in [0.05, 0.1) is 28.8 Å². The van der Waals surface area contributed by atoms with Crippen molar-refractivity contribution in [3.8, 4) is 0 Å². The number of sulfonamides is 1. The number of ketones is 1. The zero-order valence-electron chi connectivity index (χ0n) is 19.0. The van der Waals surface area contributed by atoms with Gasteiger partial charge >= 0.3 is 5.97 Å². The molecule has 1 aliphatic rings. The Kier molecular flexibility index (Phi) is 7.40. The van der Waals surface area contributed by atoms with Crippen LogP contribution in [0.15, 0.2) is 29.2 Å². The number of aromatic nitrogens is 1. The average Bonchev–Trinajstić information content (AvgIpc) is 3.08. The van der Waals surface area contributed by atoms with Gasteiger partial charge in [0.2, 0.25) is 15.8 Å². The highest BCUT2D eigenvalue weighted by Gasteiger charge is 2.28. The summed E-state index contributed by atoms with van der Waals surface area (Å²) in [4.78, 5) is 28.5. The fourth-order valence-corrected chi connectivity index (χ4v) is 5.60. The molecule has 1 aliphatic heterocycles. The molecule has 32 heavy (non-hydrogen) atoms. The van der Waals surface area contributed by atoms with Crippen molar-refractivity contribution in [2.45, 2.75) is 57.9 Å². The van der Waals surface area contributed by atoms with E-state index in [4.69, 9.17) is 4.74 Å². The molecule has 1 fully saturated rings. The smallest absolute Gasteiger partial charge is 0.340 e. The molecule has 2 N–H and O–H groups in total. The number of carbonyl (C=O) groups is 2. The molecule has 0 aliphatic carbocycles. The maximum atomic E-state index is 13.1. The van der Waals surface area contributed by atoms with Gasteiger partial charge in [-0.05, 0) is 64.3 Å². The van der Waals surface area contributed by atoms with Gasteiger partial charge in [-0.15, -0.1) is 0 Å². The average molecular weight is 462 g/mol. The zero-order valence-corrected chi connectivity index (χ0v) is 19.8. The molecule has 1 atom stereocenters. The SMILES string of the molecule is CCOC(=O)c1c(C)[nH]c(C(=O)[C@H](C)Nc2cccc(S(=O)(=O)N3CCCCC3)c2)c1C. The number of ether oxygens (including phenoxy) is 1. The quantitative estimate of drug-likeness (QED) is 0.459. The summed E-state index contributed by atoms with van der Waals surface area (Å²) in [5, 5.41) is 3.10. The van der Waals surface area contributed by atoms with E-state index in [1.54, 1.807) is 52.0 Å². The van der Waals surface area contributed by atoms with Gasteiger partial charge in [-0.1, -0.05) is 12.5 Å². The van der Waals surface area contributed by atoms with E-state index in [2.05, 4.69) is 10.3 Å². The number of piperidine rings is 1. The Morgan fingerprint density at radius 1 is 1.19 bits per heavy atom. The number of hydrogen-bond donors (Lipinski definition) is 2. The van der Waals surface area contributed by atoms with Crippen LogP contribution in [0.4, 0.5) is 5.69 Å². The van der Waals surface area contributed by atoms with Gasteiger partial charge in [0.1, 0.15) is 0 Å². The molecule has 0 radical (unpaired) electrons. The fourth-order valence-electron chi connectivity index (χ4n) is 4.04. The molecule has 0 unspecified atom stereocenters. The van der Waals surface area contributed by atoms with Crippen molar-refractivity contribution in [3.63, 3.8) is 0 Å². The number of esters is 1. The number of aryl methyl sites for hydroxylation is 1. The van der Waals surface area contributed by atoms with Crippen LogP contribution in [-0.4, -0.2) is 55.2 Å². The first-order chi connectivity index (χ1) is 15.2. The first-order valence-electron chi connectivity index (χ1n) is 10.9. The Labute approximate surface area is 189 Å². The van der Waals surface area contributed by atoms with Crippen LogP contribution in [0, 0.1) is 13.8 Å². The lowest BCUT2D eigenvalue weighted by atomic mass is 10.0. The van der Waals surface area contributed by atoms with Crippen molar-refractivity contribution in [1.29, 1.82) is 0 Å². The summed E-state index contributed by atoms with van der Waals surface area (Å²) in [6, 6.07) is 5.89. The molecule has 9 heteroatoms. The lowest BCUT2D eigenvalue weighted by Crippen LogP contribution is -2.35. The number of rotatable bonds is 8. The molecular formula is C23H31N3O5S. The number of Topliss-reactive ketones (excluding diaryl/α,β-unsaturated/α-hetero) is 1. The lowest BCUT2D eigenvalue weighted by Gasteiger charge is -2.26. The van der Waals surface area contributed by atoms with Gasteiger partial charge in [0.15, 0.2) is 0 Å². The summed E-state index contributed by atoms with van der Waals surface area (Å²) in [5.74, 6) is -0.695. The van der Waals surface area contributed by atoms with Crippen LogP contribution >= 0.6 is 0 Å². The predicted octanol–water partition coefficient (Wildman–Crippen LogP) is 3.67. The molecular weight excluding hydrogens is 430 g/mol. The number of aromatic amines is 1. The normalized spacial score (nSPS) is 15.9. The summed E-state index contributed by atoms with van der Waals surface area (Å²) < 4.78 is 32.5. The third kappa shape index (κ3) is 4.88. The largest absolute Gasteiger partial charge is 0.462 e. The van der Waals surface area contributed by atoms with Crippen LogP contribution < -0.4 is 5.32 Å². The molecule has 0 bridgehead atoms. The van der Waals surface area contributed by atoms with E-state index in [1.165, 1.54) is 4.31 Å². The van der Waals surface area contributed by atoms with Gasteiger partial charge in [0, 0.05) is 24.5 Å². The maximum absolute atomic E-state index is 13.1. The van der Waals surface area contributed by atoms with Gasteiger partial charge in [-0.2, -0.15) is 4.31 Å². The molecule has 3 rings (SSSR count). The van der Waals surface area contributed by atoms with E-state index in [-0.39, 0.29) is 17.3 Å². The molecule has 174 valence electrons. The molecule has 1 aromatic carbocycles. The highest BCUT2D eigenvalue weighted by molar-refractivity contribution is 7.89. The minimum Gasteiger partial charge on any atom is -0.462 e. The molecule has 2 heterocycles. The van der Waals surface area contributed by atoms with Crippen LogP contribution in [0.1, 0.15) is 65.2 Å². The number of hydrogen-bond acceptors (Lipinski definition) is 6. The summed E-state index contributed by atoms with van der Waals surface area (Å²) in [7, 11) is -3.57. The van der Waals surface area contributed by atoms with E-state index in [1.807, 2.05) is 0 Å². The second-order valence-electron chi connectivity index (χ2n) is 8.07. The minimum absolute atomic E-state index is 0.209. The number of nitrogens with zero attached hydrogens (tertiary/aromatic N) is 1. The maximum Gasteiger partial charge on any atom is 0.340 e. The van der Waals surface area contributed by atoms with Crippen LogP contribution in [-0.2, 0) is 14.8 Å². The highest BCUT2D eigenvalue weighted by atomic mass is 32.2. The van der Waals surface area contributed by atoms with Gasteiger partial charge < -0.3 is 15.0 Å². The summed E-state index contributed by atoms with van der Waals surface area (Å²) >= 11 is 0. The van der Waals surface area contributed by atoms with Crippen molar-refractivity contribution in [2.24, 2.45) is 0 Å². The zero-order chi connectivity index (χ0) is 23.5. The Hall–Kier alpha value is -2.65. The van der Waals surface area contributed by atoms with Crippen molar-refractivity contribution in [3.05, 3.63) is 46.8 Å². The van der Waals surface area contributed by atoms with E-state index in [9.17, 15) is 18.0 Å². The fraction of sp³-hybridized carbons (Fsp3) is 0.478. The second-order valence-corrected chi connectivity index (χ2v) is 10.0. The second kappa shape index (κ2) is 9.87. The molecule has 8 nitrogen and oxygen atoms in total. The summed E-state index contributed by atoms with van der Waals surface area (Å²) in [6.45, 7) is 8.18. The van der Waals surface area contributed by atoms with E-state index < -0.39 is 22.0 Å². The van der Waals surface area contributed by atoms with Crippen LogP contribution in [0.5, 0.6) is 0 Å². The third-order valence-corrected chi connectivity index (χ3v) is 7.62. The Bertz CT molecular complexity index is 1100. The lowest BCUT2D eigenvalue weighted by molar-refractivity contribution is 0.0525. The molecule has 1 aromatic heterocycles. The molecule has 1 saturated heterocycles. The van der Waals surface area contributed by atoms with Gasteiger partial charge in [-0.25, -0.2) is 13.2 Å². The Morgan fingerprint density at radius 2 is 1.88 bits per heavy atom. The number of anilines is 1. The number of carbonyl (C=O) groups excluding carboxylic acids is 2. The summed E-state index contributed by atoms with van der Waals surface area (Å²) in [6.07, 6.45) is 2.78. The molecule has 2 aromatic rings. The topological polar surface area (TPSA) is 109 Å². The standard InChI is InChI=1S/C23H31N3O5S/c1-5-31-23(28)20-15(2)21(25-16(20)3)22(27)17(4)24-18-10-9-11-19(14-18)32(29,30)26-12-7-6-8-13-26/h9-11,14,17,24-25H,5-8,12-13H2,1-4H3/t17-/m0/s1. The van der Waals surface area contributed by atoms with Crippen molar-refractivity contribution in [1.82, 2.24) is 9.29 Å². The first kappa shape index (κ1) is 24.0. The van der Waals surface area contributed by atoms with E-state index in [0.29, 0.717) is 41.3 Å². The summed E-state index contributed by atoms with van der Waals surface area (Å²) in [5.41, 5.74) is 2.36. The van der Waals surface area contributed by atoms with E-state index >= 15 is 0 Å². The van der Waals surface area contributed by atoms with Gasteiger partial charge in [-0.3, -0.25) is 4.79 Å². The third-order valence-electron chi connectivity index (χ3n) is 5.73. The first-order valence-corrected chi connectivity index (χ1v) is 12.4. The number of H-pyrrole nitrogens is 1. The van der Waals surface area contributed by atoms with Crippen LogP contribution in [0.25, 0.3) is 0 Å². The number of nitrogens with one attached hydrogen (secondary N) is 2. The number of benzene rings is 1. The monoisotopic (exact) mass is 461 g/mol. The van der Waals surface area contributed by atoms with Crippen LogP contribution in [0.3, 0.4) is 0 Å². The van der Waals surface area contributed by atoms with Crippen molar-refractivity contribution < 1.29 is 22.7 Å². The minimum atomic E-state index is -3.57. The van der Waals surface area contributed by atoms with Crippen molar-refractivity contribution >= 4 is 27.5 Å².